The number of likely N-dealkylation sites (N-methyl/N-ethyl adjacent to an activating group) is 1. The third-order valence-corrected chi connectivity index (χ3v) is 5.95. The smallest absolute Gasteiger partial charge is 0.407 e. The zero-order valence-corrected chi connectivity index (χ0v) is 32.4. The number of hydrogen-bond acceptors (Lipinski definition) is 16. The van der Waals surface area contributed by atoms with E-state index in [4.69, 9.17) is 61.6 Å². The molecule has 0 aromatic carbocycles. The molecule has 0 saturated heterocycles. The van der Waals surface area contributed by atoms with Gasteiger partial charge in [-0.25, -0.2) is 4.79 Å². The summed E-state index contributed by atoms with van der Waals surface area (Å²) in [6, 6.07) is 0. The molecule has 0 aromatic rings. The molecule has 3 amide bonds. The number of hydrogen-bond donors (Lipinski definition) is 3. The molecule has 0 rings (SSSR count). The number of carbonyl (C=O) groups excluding carboxylic acids is 3. The first-order chi connectivity index (χ1) is 25.7. The Morgan fingerprint density at radius 3 is 0.925 bits per heavy atom. The van der Waals surface area contributed by atoms with Gasteiger partial charge in [-0.15, -0.1) is 0 Å². The minimum atomic E-state index is -0.519. The normalized spacial score (nSPS) is 11.5. The zero-order valence-electron chi connectivity index (χ0n) is 32.4. The summed E-state index contributed by atoms with van der Waals surface area (Å²) in [6.07, 6.45) is -0.459. The van der Waals surface area contributed by atoms with E-state index in [1.165, 1.54) is 7.05 Å². The van der Waals surface area contributed by atoms with Crippen molar-refractivity contribution >= 4 is 17.9 Å². The van der Waals surface area contributed by atoms with Gasteiger partial charge < -0.3 is 77.5 Å². The molecule has 0 unspecified atom stereocenters. The fourth-order valence-electron chi connectivity index (χ4n) is 3.46. The van der Waals surface area contributed by atoms with Crippen molar-refractivity contribution in [2.75, 3.05) is 179 Å². The molecule has 0 aliphatic rings. The van der Waals surface area contributed by atoms with E-state index in [9.17, 15) is 14.4 Å². The summed E-state index contributed by atoms with van der Waals surface area (Å²) in [5.74, 6) is -0.600. The third-order valence-electron chi connectivity index (χ3n) is 5.95. The van der Waals surface area contributed by atoms with Gasteiger partial charge in [-0.3, -0.25) is 9.59 Å². The van der Waals surface area contributed by atoms with E-state index in [1.54, 1.807) is 0 Å². The number of ether oxygens (including phenoxy) is 13. The zero-order chi connectivity index (χ0) is 38.9. The van der Waals surface area contributed by atoms with Crippen molar-refractivity contribution in [3.05, 3.63) is 0 Å². The Morgan fingerprint density at radius 1 is 0.377 bits per heavy atom. The molecule has 3 N–H and O–H groups in total. The molecular weight excluding hydrogens is 706 g/mol. The molecule has 0 bridgehead atoms. The van der Waals surface area contributed by atoms with Gasteiger partial charge in [0, 0.05) is 20.1 Å². The summed E-state index contributed by atoms with van der Waals surface area (Å²) in [5, 5.41) is 7.65. The Hall–Kier alpha value is -2.27. The van der Waals surface area contributed by atoms with Crippen molar-refractivity contribution in [1.29, 1.82) is 0 Å². The van der Waals surface area contributed by atoms with Gasteiger partial charge in [-0.1, -0.05) is 0 Å². The van der Waals surface area contributed by atoms with Crippen LogP contribution in [0.25, 0.3) is 0 Å². The molecule has 0 spiro atoms. The summed E-state index contributed by atoms with van der Waals surface area (Å²) >= 11 is 0. The van der Waals surface area contributed by atoms with Crippen LogP contribution in [0, 0.1) is 0 Å². The largest absolute Gasteiger partial charge is 0.444 e. The van der Waals surface area contributed by atoms with Crippen LogP contribution >= 0.6 is 0 Å². The minimum Gasteiger partial charge on any atom is -0.444 e. The van der Waals surface area contributed by atoms with Crippen molar-refractivity contribution in [3.63, 3.8) is 0 Å². The number of amides is 3. The van der Waals surface area contributed by atoms with E-state index in [0.717, 1.165) is 0 Å². The van der Waals surface area contributed by atoms with Crippen LogP contribution in [0.2, 0.25) is 0 Å². The molecule has 0 atom stereocenters. The molecule has 0 aliphatic heterocycles. The van der Waals surface area contributed by atoms with Crippen molar-refractivity contribution in [2.24, 2.45) is 0 Å². The number of nitrogens with one attached hydrogen (secondary N) is 3. The van der Waals surface area contributed by atoms with Crippen LogP contribution < -0.4 is 16.0 Å². The van der Waals surface area contributed by atoms with Crippen LogP contribution in [0.1, 0.15) is 20.8 Å². The van der Waals surface area contributed by atoms with Crippen LogP contribution in [0.15, 0.2) is 0 Å². The Bertz CT molecular complexity index is 838. The Balaban J connectivity index is 3.14. The van der Waals surface area contributed by atoms with E-state index < -0.39 is 11.7 Å². The lowest BCUT2D eigenvalue weighted by molar-refractivity contribution is -0.130. The average Bonchev–Trinajstić information content (AvgIpc) is 3.12. The quantitative estimate of drug-likeness (QED) is 0.0676. The first kappa shape index (κ1) is 50.7. The summed E-state index contributed by atoms with van der Waals surface area (Å²) in [7, 11) is 1.50. The van der Waals surface area contributed by atoms with Gasteiger partial charge in [-0.2, -0.15) is 0 Å². The van der Waals surface area contributed by atoms with Crippen LogP contribution in [0.4, 0.5) is 4.79 Å². The lowest BCUT2D eigenvalue weighted by Crippen LogP contribution is -2.34. The van der Waals surface area contributed by atoms with E-state index in [0.29, 0.717) is 158 Å². The maximum atomic E-state index is 11.5. The maximum absolute atomic E-state index is 11.5. The highest BCUT2D eigenvalue weighted by Gasteiger charge is 2.15. The molecule has 19 nitrogen and oxygen atoms in total. The van der Waals surface area contributed by atoms with Crippen molar-refractivity contribution < 1.29 is 76.0 Å². The Labute approximate surface area is 314 Å². The van der Waals surface area contributed by atoms with Gasteiger partial charge in [0.25, 0.3) is 0 Å². The summed E-state index contributed by atoms with van der Waals surface area (Å²) in [6.45, 7) is 15.7. The van der Waals surface area contributed by atoms with Crippen molar-refractivity contribution in [2.45, 2.75) is 26.4 Å². The number of alkyl carbamates (subject to hydrolysis) is 1. The highest BCUT2D eigenvalue weighted by Crippen LogP contribution is 2.06. The first-order valence-corrected chi connectivity index (χ1v) is 18.1. The SMILES string of the molecule is CNC(=O)COCC(=O)NCCOCCOCCOCCOCCOCCOCCOCCOCCOCCOCCOCCNC(=O)OC(C)(C)C. The van der Waals surface area contributed by atoms with E-state index in [2.05, 4.69) is 16.0 Å². The first-order valence-electron chi connectivity index (χ1n) is 18.1. The van der Waals surface area contributed by atoms with E-state index in [1.807, 2.05) is 20.8 Å². The van der Waals surface area contributed by atoms with Gasteiger partial charge in [-0.05, 0) is 20.8 Å². The molecule has 0 aromatic heterocycles. The van der Waals surface area contributed by atoms with Gasteiger partial charge >= 0.3 is 6.09 Å². The molecule has 0 heterocycles. The summed E-state index contributed by atoms with van der Waals surface area (Å²) in [5.41, 5.74) is -0.519. The second-order valence-corrected chi connectivity index (χ2v) is 11.7. The molecule has 0 fully saturated rings. The highest BCUT2D eigenvalue weighted by molar-refractivity contribution is 5.79. The second kappa shape index (κ2) is 39.4. The predicted molar refractivity (Wildman–Crippen MR) is 191 cm³/mol. The van der Waals surface area contributed by atoms with E-state index in [-0.39, 0.29) is 25.0 Å². The molecule has 314 valence electrons. The highest BCUT2D eigenvalue weighted by atomic mass is 16.6. The molecule has 53 heavy (non-hydrogen) atoms. The lowest BCUT2D eigenvalue weighted by atomic mass is 10.2. The van der Waals surface area contributed by atoms with Crippen LogP contribution in [0.5, 0.6) is 0 Å². The van der Waals surface area contributed by atoms with Crippen LogP contribution in [0.3, 0.4) is 0 Å². The fraction of sp³-hybridized carbons (Fsp3) is 0.912. The second-order valence-electron chi connectivity index (χ2n) is 11.7. The predicted octanol–water partition coefficient (Wildman–Crippen LogP) is -0.427. The van der Waals surface area contributed by atoms with E-state index >= 15 is 0 Å². The average molecular weight is 774 g/mol. The van der Waals surface area contributed by atoms with Gasteiger partial charge in [0.05, 0.1) is 145 Å². The van der Waals surface area contributed by atoms with Gasteiger partial charge in [0.15, 0.2) is 0 Å². The van der Waals surface area contributed by atoms with Crippen LogP contribution in [-0.4, -0.2) is 202 Å². The lowest BCUT2D eigenvalue weighted by Gasteiger charge is -2.19. The Morgan fingerprint density at radius 2 is 0.642 bits per heavy atom. The van der Waals surface area contributed by atoms with Gasteiger partial charge in [0.1, 0.15) is 18.8 Å². The fourth-order valence-corrected chi connectivity index (χ4v) is 3.46. The molecule has 0 saturated carbocycles. The van der Waals surface area contributed by atoms with Crippen LogP contribution in [-0.2, 0) is 71.2 Å². The monoisotopic (exact) mass is 773 g/mol. The van der Waals surface area contributed by atoms with Gasteiger partial charge in [0.2, 0.25) is 11.8 Å². The molecule has 0 aliphatic carbocycles. The summed E-state index contributed by atoms with van der Waals surface area (Å²) in [4.78, 5) is 34.0. The Kier molecular flexibility index (Phi) is 37.7. The topological polar surface area (TPSA) is 207 Å². The van der Waals surface area contributed by atoms with Crippen molar-refractivity contribution in [1.82, 2.24) is 16.0 Å². The summed E-state index contributed by atoms with van der Waals surface area (Å²) < 4.78 is 69.9. The minimum absolute atomic E-state index is 0.155. The molecule has 0 radical (unpaired) electrons. The molecule has 19 heteroatoms. The van der Waals surface area contributed by atoms with Crippen molar-refractivity contribution in [3.8, 4) is 0 Å². The maximum Gasteiger partial charge on any atom is 0.407 e. The third kappa shape index (κ3) is 44.0. The molecular formula is C34H67N3O16. The number of carbonyl (C=O) groups is 3. The number of rotatable bonds is 40. The standard InChI is InChI=1S/C34H67N3O16/c1-34(2,3)53-33(40)37-6-8-42-10-12-44-14-16-46-18-20-48-22-24-50-26-28-51-27-25-49-23-21-47-19-17-45-15-13-43-11-9-41-7-5-36-32(39)30-52-29-31(38)35-4/h5-30H2,1-4H3,(H,35,38)(H,36,39)(H,37,40).